The Balaban J connectivity index is 1.80. The minimum absolute atomic E-state index is 0.0384. The maximum atomic E-state index is 12.5. The standard InChI is InChI=1S/C18H23N5O/c1-4-15(22-11-7-10-20-22)18(24)19-12-17-21-14-8-5-6-9-16(14)23(17)13(2)3/h5-11,13,15H,4,12H2,1-3H3,(H,19,24)/t15-/m1/s1. The maximum absolute atomic E-state index is 12.5. The van der Waals surface area contributed by atoms with E-state index in [9.17, 15) is 4.79 Å². The molecule has 1 amide bonds. The first-order valence-electron chi connectivity index (χ1n) is 8.34. The quantitative estimate of drug-likeness (QED) is 0.757. The summed E-state index contributed by atoms with van der Waals surface area (Å²) in [6.07, 6.45) is 4.19. The zero-order valence-corrected chi connectivity index (χ0v) is 14.3. The van der Waals surface area contributed by atoms with Crippen molar-refractivity contribution in [1.29, 1.82) is 0 Å². The summed E-state index contributed by atoms with van der Waals surface area (Å²) in [4.78, 5) is 17.2. The third kappa shape index (κ3) is 3.04. The van der Waals surface area contributed by atoms with Crippen molar-refractivity contribution in [2.24, 2.45) is 0 Å². The fraction of sp³-hybridized carbons (Fsp3) is 0.389. The molecule has 1 N–H and O–H groups in total. The molecule has 0 unspecified atom stereocenters. The van der Waals surface area contributed by atoms with Gasteiger partial charge in [0.05, 0.1) is 17.6 Å². The zero-order chi connectivity index (χ0) is 17.1. The summed E-state index contributed by atoms with van der Waals surface area (Å²) >= 11 is 0. The predicted molar refractivity (Wildman–Crippen MR) is 93.5 cm³/mol. The van der Waals surface area contributed by atoms with Crippen LogP contribution in [-0.2, 0) is 11.3 Å². The van der Waals surface area contributed by atoms with E-state index in [0.29, 0.717) is 13.0 Å². The molecule has 1 atom stereocenters. The Kier molecular flexibility index (Phi) is 4.64. The van der Waals surface area contributed by atoms with Gasteiger partial charge in [-0.3, -0.25) is 9.48 Å². The second-order valence-electron chi connectivity index (χ2n) is 6.11. The van der Waals surface area contributed by atoms with Gasteiger partial charge in [0.25, 0.3) is 0 Å². The van der Waals surface area contributed by atoms with Crippen LogP contribution in [0.15, 0.2) is 42.7 Å². The number of carbonyl (C=O) groups is 1. The molecule has 0 aliphatic heterocycles. The topological polar surface area (TPSA) is 64.7 Å². The minimum Gasteiger partial charge on any atom is -0.347 e. The van der Waals surface area contributed by atoms with Gasteiger partial charge in [0, 0.05) is 18.4 Å². The van der Waals surface area contributed by atoms with Crippen molar-refractivity contribution in [2.45, 2.75) is 45.8 Å². The van der Waals surface area contributed by atoms with Crippen LogP contribution in [0.2, 0.25) is 0 Å². The summed E-state index contributed by atoms with van der Waals surface area (Å²) in [5.74, 6) is 0.832. The molecule has 0 saturated heterocycles. The lowest BCUT2D eigenvalue weighted by atomic mass is 10.2. The molecule has 24 heavy (non-hydrogen) atoms. The average molecular weight is 325 g/mol. The Labute approximate surface area is 141 Å². The zero-order valence-electron chi connectivity index (χ0n) is 14.3. The Bertz CT molecular complexity index is 819. The third-order valence-corrected chi connectivity index (χ3v) is 4.14. The van der Waals surface area contributed by atoms with Gasteiger partial charge in [-0.2, -0.15) is 5.10 Å². The van der Waals surface area contributed by atoms with Crippen molar-refractivity contribution in [3.63, 3.8) is 0 Å². The number of amides is 1. The van der Waals surface area contributed by atoms with Crippen molar-refractivity contribution < 1.29 is 4.79 Å². The minimum atomic E-state index is -0.295. The van der Waals surface area contributed by atoms with Gasteiger partial charge < -0.3 is 9.88 Å². The van der Waals surface area contributed by atoms with E-state index in [4.69, 9.17) is 0 Å². The van der Waals surface area contributed by atoms with Gasteiger partial charge in [-0.25, -0.2) is 4.98 Å². The molecule has 126 valence electrons. The Morgan fingerprint density at radius 2 is 2.04 bits per heavy atom. The van der Waals surface area contributed by atoms with Crippen molar-refractivity contribution in [3.8, 4) is 0 Å². The highest BCUT2D eigenvalue weighted by atomic mass is 16.2. The van der Waals surface area contributed by atoms with Crippen LogP contribution in [-0.4, -0.2) is 25.2 Å². The van der Waals surface area contributed by atoms with Crippen molar-refractivity contribution >= 4 is 16.9 Å². The summed E-state index contributed by atoms with van der Waals surface area (Å²) in [5, 5.41) is 7.19. The van der Waals surface area contributed by atoms with Crippen LogP contribution in [0, 0.1) is 0 Å². The summed E-state index contributed by atoms with van der Waals surface area (Å²) in [7, 11) is 0. The molecule has 0 radical (unpaired) electrons. The number of hydrogen-bond acceptors (Lipinski definition) is 3. The molecule has 3 aromatic rings. The number of carbonyl (C=O) groups excluding carboxylic acids is 1. The number of fused-ring (bicyclic) bond motifs is 1. The number of rotatable bonds is 6. The van der Waals surface area contributed by atoms with E-state index in [1.54, 1.807) is 10.9 Å². The van der Waals surface area contributed by atoms with E-state index in [0.717, 1.165) is 16.9 Å². The largest absolute Gasteiger partial charge is 0.347 e. The van der Waals surface area contributed by atoms with Crippen LogP contribution >= 0.6 is 0 Å². The maximum Gasteiger partial charge on any atom is 0.245 e. The number of nitrogens with one attached hydrogen (secondary N) is 1. The van der Waals surface area contributed by atoms with Gasteiger partial charge in [0.15, 0.2) is 0 Å². The van der Waals surface area contributed by atoms with E-state index < -0.39 is 0 Å². The molecule has 0 saturated carbocycles. The smallest absolute Gasteiger partial charge is 0.245 e. The Hall–Kier alpha value is -2.63. The van der Waals surface area contributed by atoms with Crippen molar-refractivity contribution in [2.75, 3.05) is 0 Å². The highest BCUT2D eigenvalue weighted by Gasteiger charge is 2.20. The van der Waals surface area contributed by atoms with Crippen LogP contribution in [0.1, 0.15) is 45.1 Å². The van der Waals surface area contributed by atoms with E-state index in [-0.39, 0.29) is 18.0 Å². The van der Waals surface area contributed by atoms with Crippen LogP contribution in [0.3, 0.4) is 0 Å². The van der Waals surface area contributed by atoms with E-state index in [1.807, 2.05) is 37.4 Å². The van der Waals surface area contributed by atoms with Gasteiger partial charge >= 0.3 is 0 Å². The van der Waals surface area contributed by atoms with Gasteiger partial charge in [-0.15, -0.1) is 0 Å². The normalized spacial score (nSPS) is 12.7. The third-order valence-electron chi connectivity index (χ3n) is 4.14. The lowest BCUT2D eigenvalue weighted by molar-refractivity contribution is -0.124. The van der Waals surface area contributed by atoms with Crippen LogP contribution in [0.4, 0.5) is 0 Å². The van der Waals surface area contributed by atoms with Crippen LogP contribution in [0.25, 0.3) is 11.0 Å². The van der Waals surface area contributed by atoms with Crippen molar-refractivity contribution in [1.82, 2.24) is 24.6 Å². The molecule has 2 heterocycles. The van der Waals surface area contributed by atoms with Crippen LogP contribution < -0.4 is 5.32 Å². The second kappa shape index (κ2) is 6.86. The van der Waals surface area contributed by atoms with Crippen LogP contribution in [0.5, 0.6) is 0 Å². The lowest BCUT2D eigenvalue weighted by Crippen LogP contribution is -2.33. The molecule has 0 bridgehead atoms. The predicted octanol–water partition coefficient (Wildman–Crippen LogP) is 3.08. The lowest BCUT2D eigenvalue weighted by Gasteiger charge is -2.17. The number of benzene rings is 1. The number of para-hydroxylation sites is 2. The van der Waals surface area contributed by atoms with Gasteiger partial charge in [-0.1, -0.05) is 19.1 Å². The molecule has 2 aromatic heterocycles. The first-order valence-corrected chi connectivity index (χ1v) is 8.34. The first kappa shape index (κ1) is 16.2. The molecule has 0 aliphatic rings. The number of imidazole rings is 1. The fourth-order valence-corrected chi connectivity index (χ4v) is 3.04. The molecule has 3 rings (SSSR count). The van der Waals surface area contributed by atoms with Gasteiger partial charge in [0.1, 0.15) is 11.9 Å². The fourth-order valence-electron chi connectivity index (χ4n) is 3.04. The second-order valence-corrected chi connectivity index (χ2v) is 6.11. The summed E-state index contributed by atoms with van der Waals surface area (Å²) in [6, 6.07) is 9.86. The number of hydrogen-bond donors (Lipinski definition) is 1. The average Bonchev–Trinajstić information content (AvgIpc) is 3.20. The van der Waals surface area contributed by atoms with E-state index in [2.05, 4.69) is 39.9 Å². The molecular formula is C18H23N5O. The van der Waals surface area contributed by atoms with Gasteiger partial charge in [0.2, 0.25) is 5.91 Å². The molecule has 0 fully saturated rings. The first-order chi connectivity index (χ1) is 11.6. The summed E-state index contributed by atoms with van der Waals surface area (Å²) < 4.78 is 3.87. The molecule has 0 aliphatic carbocycles. The monoisotopic (exact) mass is 325 g/mol. The molecule has 1 aromatic carbocycles. The molecular weight excluding hydrogens is 302 g/mol. The molecule has 6 nitrogen and oxygen atoms in total. The molecule has 0 spiro atoms. The SMILES string of the molecule is CC[C@H](C(=O)NCc1nc2ccccc2n1C(C)C)n1cccn1. The van der Waals surface area contributed by atoms with E-state index >= 15 is 0 Å². The van der Waals surface area contributed by atoms with Crippen molar-refractivity contribution in [3.05, 3.63) is 48.5 Å². The van der Waals surface area contributed by atoms with Gasteiger partial charge in [-0.05, 0) is 38.5 Å². The molecule has 6 heteroatoms. The number of aromatic nitrogens is 4. The highest BCUT2D eigenvalue weighted by molar-refractivity contribution is 5.80. The van der Waals surface area contributed by atoms with E-state index in [1.165, 1.54) is 0 Å². The Morgan fingerprint density at radius 3 is 2.71 bits per heavy atom. The Morgan fingerprint density at radius 1 is 1.25 bits per heavy atom. The summed E-state index contributed by atoms with van der Waals surface area (Å²) in [5.41, 5.74) is 2.05. The highest BCUT2D eigenvalue weighted by Crippen LogP contribution is 2.21. The summed E-state index contributed by atoms with van der Waals surface area (Å²) in [6.45, 7) is 6.63. The number of nitrogens with zero attached hydrogens (tertiary/aromatic N) is 4.